The van der Waals surface area contributed by atoms with E-state index in [0.717, 1.165) is 23.6 Å². The molecule has 41 heavy (non-hydrogen) atoms. The van der Waals surface area contributed by atoms with Gasteiger partial charge in [0.15, 0.2) is 0 Å². The number of nitrogens with two attached hydrogens (primary N) is 3. The van der Waals surface area contributed by atoms with Crippen LogP contribution in [0.3, 0.4) is 0 Å². The second-order valence-corrected chi connectivity index (χ2v) is 22.7. The molecule has 0 saturated heterocycles. The quantitative estimate of drug-likeness (QED) is 0.0930. The van der Waals surface area contributed by atoms with E-state index in [4.69, 9.17) is 15.2 Å². The molecule has 0 fully saturated rings. The summed E-state index contributed by atoms with van der Waals surface area (Å²) in [6.45, 7) is 15.9. The van der Waals surface area contributed by atoms with Crippen molar-refractivity contribution in [1.82, 2.24) is 29.5 Å². The molecular weight excluding hydrogens is 565 g/mol. The van der Waals surface area contributed by atoms with Gasteiger partial charge in [0.05, 0.1) is 11.1 Å². The van der Waals surface area contributed by atoms with E-state index in [2.05, 4.69) is 71.4 Å². The first-order valence-electron chi connectivity index (χ1n) is 12.8. The van der Waals surface area contributed by atoms with Gasteiger partial charge in [-0.3, -0.25) is 30.4 Å². The zero-order valence-electron chi connectivity index (χ0n) is 24.7. The van der Waals surface area contributed by atoms with Crippen LogP contribution in [-0.2, 0) is 22.9 Å². The molecule has 1 aromatic carbocycles. The molecule has 228 valence electrons. The summed E-state index contributed by atoms with van der Waals surface area (Å²) >= 11 is 0. The van der Waals surface area contributed by atoms with Crippen LogP contribution >= 0.6 is 0 Å². The molecule has 2 amide bonds. The molecular formula is C24H44N10O5Si2. The van der Waals surface area contributed by atoms with Gasteiger partial charge in [-0.05, 0) is 24.2 Å². The Morgan fingerprint density at radius 2 is 1.20 bits per heavy atom. The van der Waals surface area contributed by atoms with E-state index in [1.165, 1.54) is 6.33 Å². The molecule has 0 spiro atoms. The van der Waals surface area contributed by atoms with Crippen molar-refractivity contribution in [1.29, 1.82) is 0 Å². The van der Waals surface area contributed by atoms with Gasteiger partial charge in [-0.2, -0.15) is 0 Å². The summed E-state index contributed by atoms with van der Waals surface area (Å²) in [4.78, 5) is 26.1. The zero-order chi connectivity index (χ0) is 29.9. The highest BCUT2D eigenvalue weighted by atomic mass is 28.3. The Kier molecular flexibility index (Phi) is 14.1. The fraction of sp³-hybridized carbons (Fsp3) is 0.500. The summed E-state index contributed by atoms with van der Waals surface area (Å²) < 4.78 is 14.4. The van der Waals surface area contributed by atoms with Crippen LogP contribution in [-0.4, -0.2) is 76.2 Å². The second-order valence-electron chi connectivity index (χ2n) is 11.4. The van der Waals surface area contributed by atoms with Crippen LogP contribution in [0.15, 0.2) is 36.9 Å². The molecule has 4 rings (SSSR count). The lowest BCUT2D eigenvalue weighted by atomic mass is 10.1. The number of fused-ring (bicyclic) bond motifs is 1. The van der Waals surface area contributed by atoms with Crippen molar-refractivity contribution in [2.24, 2.45) is 11.7 Å². The third-order valence-electron chi connectivity index (χ3n) is 5.69. The van der Waals surface area contributed by atoms with Crippen molar-refractivity contribution < 1.29 is 24.5 Å². The highest BCUT2D eigenvalue weighted by Gasteiger charge is 2.39. The SMILES string of the molecule is C[Si](C)(C)CCOCn1cnnc1N.C[Si](C)(C)CCOCn1cnnc1N1C(=O)c2ccccc2C1=O.NN.O. The molecule has 2 aromatic heterocycles. The van der Waals surface area contributed by atoms with Gasteiger partial charge in [0.25, 0.3) is 11.8 Å². The molecule has 3 aromatic rings. The number of ether oxygens (including phenoxy) is 2. The lowest BCUT2D eigenvalue weighted by Crippen LogP contribution is -2.32. The Morgan fingerprint density at radius 3 is 1.63 bits per heavy atom. The number of carbonyl (C=O) groups excluding carboxylic acids is 2. The summed E-state index contributed by atoms with van der Waals surface area (Å²) in [5.41, 5.74) is 6.30. The van der Waals surface area contributed by atoms with Crippen LogP contribution in [0.25, 0.3) is 0 Å². The van der Waals surface area contributed by atoms with Crippen molar-refractivity contribution in [3.63, 3.8) is 0 Å². The van der Waals surface area contributed by atoms with Crippen molar-refractivity contribution in [3.05, 3.63) is 48.0 Å². The maximum atomic E-state index is 12.5. The number of aromatic nitrogens is 6. The number of anilines is 2. The van der Waals surface area contributed by atoms with Gasteiger partial charge >= 0.3 is 0 Å². The Balaban J connectivity index is 0.000000425. The summed E-state index contributed by atoms with van der Waals surface area (Å²) in [6.07, 6.45) is 3.04. The van der Waals surface area contributed by atoms with Crippen LogP contribution in [0, 0.1) is 0 Å². The van der Waals surface area contributed by atoms with Crippen LogP contribution in [0.2, 0.25) is 51.4 Å². The summed E-state index contributed by atoms with van der Waals surface area (Å²) in [6, 6.07) is 8.95. The van der Waals surface area contributed by atoms with E-state index >= 15 is 0 Å². The molecule has 0 bridgehead atoms. The number of nitrogens with zero attached hydrogens (tertiary/aromatic N) is 7. The smallest absolute Gasteiger partial charge is 0.268 e. The Morgan fingerprint density at radius 1 is 0.756 bits per heavy atom. The van der Waals surface area contributed by atoms with Gasteiger partial charge in [0.2, 0.25) is 11.9 Å². The van der Waals surface area contributed by atoms with E-state index < -0.39 is 16.1 Å². The van der Waals surface area contributed by atoms with Crippen LogP contribution in [0.1, 0.15) is 20.7 Å². The van der Waals surface area contributed by atoms with Crippen molar-refractivity contribution in [2.45, 2.75) is 64.8 Å². The number of imide groups is 1. The number of rotatable bonds is 11. The van der Waals surface area contributed by atoms with E-state index in [1.807, 2.05) is 0 Å². The molecule has 0 aliphatic carbocycles. The minimum Gasteiger partial charge on any atom is -0.412 e. The predicted octanol–water partition coefficient (Wildman–Crippen LogP) is 1.56. The molecule has 0 unspecified atom stereocenters. The van der Waals surface area contributed by atoms with Gasteiger partial charge in [0, 0.05) is 29.4 Å². The topological polar surface area (TPSA) is 227 Å². The van der Waals surface area contributed by atoms with Gasteiger partial charge in [-0.1, -0.05) is 51.4 Å². The minimum atomic E-state index is -1.17. The maximum Gasteiger partial charge on any atom is 0.268 e. The first-order valence-corrected chi connectivity index (χ1v) is 20.3. The third-order valence-corrected chi connectivity index (χ3v) is 9.10. The first kappa shape index (κ1) is 35.7. The van der Waals surface area contributed by atoms with E-state index in [-0.39, 0.29) is 30.0 Å². The molecule has 3 heterocycles. The van der Waals surface area contributed by atoms with Crippen molar-refractivity contribution in [3.8, 4) is 0 Å². The minimum absolute atomic E-state index is 0. The third kappa shape index (κ3) is 10.9. The lowest BCUT2D eigenvalue weighted by Gasteiger charge is -2.17. The van der Waals surface area contributed by atoms with E-state index in [0.29, 0.717) is 30.4 Å². The van der Waals surface area contributed by atoms with Crippen molar-refractivity contribution in [2.75, 3.05) is 23.8 Å². The first-order chi connectivity index (χ1) is 18.9. The molecule has 15 nitrogen and oxygen atoms in total. The van der Waals surface area contributed by atoms with E-state index in [9.17, 15) is 9.59 Å². The summed E-state index contributed by atoms with van der Waals surface area (Å²) in [7, 11) is -2.16. The van der Waals surface area contributed by atoms with Gasteiger partial charge in [0.1, 0.15) is 26.1 Å². The Bertz CT molecular complexity index is 1200. The number of hydrogen-bond acceptors (Lipinski definition) is 11. The predicted molar refractivity (Wildman–Crippen MR) is 162 cm³/mol. The standard InChI is InChI=1S/C16H20N4O3Si.C8H18N4OSi.H4N2.H2O/c1-24(2,3)9-8-23-11-19-10-17-18-16(19)20-14(21)12-6-4-5-7-13(12)15(20)22;1-14(2,3)5-4-13-7-12-6-10-11-8(12)9;1-2;/h4-7,10H,8-9,11H2,1-3H3;6H,4-5,7H2,1-3H3,(H2,9,11);1-2H2;1H2. The number of carbonyl (C=O) groups is 2. The summed E-state index contributed by atoms with van der Waals surface area (Å²) in [5, 5.41) is 15.1. The highest BCUT2D eigenvalue weighted by molar-refractivity contribution is 6.76. The summed E-state index contributed by atoms with van der Waals surface area (Å²) in [5.74, 6) is 7.83. The van der Waals surface area contributed by atoms with Gasteiger partial charge < -0.3 is 20.7 Å². The zero-order valence-corrected chi connectivity index (χ0v) is 26.7. The largest absolute Gasteiger partial charge is 0.412 e. The lowest BCUT2D eigenvalue weighted by molar-refractivity contribution is 0.0846. The highest BCUT2D eigenvalue weighted by Crippen LogP contribution is 2.26. The molecule has 17 heteroatoms. The number of hydrazine groups is 1. The molecule has 0 saturated carbocycles. The molecule has 1 aliphatic rings. The molecule has 1 aliphatic heterocycles. The normalized spacial score (nSPS) is 12.6. The van der Waals surface area contributed by atoms with Gasteiger partial charge in [-0.25, -0.2) is 4.90 Å². The number of amides is 2. The average molecular weight is 609 g/mol. The monoisotopic (exact) mass is 608 g/mol. The van der Waals surface area contributed by atoms with Crippen LogP contribution < -0.4 is 22.3 Å². The second kappa shape index (κ2) is 16.2. The fourth-order valence-electron chi connectivity index (χ4n) is 3.33. The number of hydrogen-bond donors (Lipinski definition) is 3. The number of nitrogen functional groups attached to an aromatic ring is 1. The Labute approximate surface area is 242 Å². The molecule has 8 N–H and O–H groups in total. The fourth-order valence-corrected chi connectivity index (χ4v) is 4.84. The van der Waals surface area contributed by atoms with Crippen molar-refractivity contribution >= 4 is 39.9 Å². The molecule has 0 atom stereocenters. The van der Waals surface area contributed by atoms with Crippen LogP contribution in [0.5, 0.6) is 0 Å². The van der Waals surface area contributed by atoms with Crippen LogP contribution in [0.4, 0.5) is 11.9 Å². The number of benzene rings is 1. The molecule has 0 radical (unpaired) electrons. The van der Waals surface area contributed by atoms with Gasteiger partial charge in [-0.15, -0.1) is 20.4 Å². The average Bonchev–Trinajstić information content (AvgIpc) is 3.59. The Hall–Kier alpha value is -3.33. The maximum absolute atomic E-state index is 12.5. The van der Waals surface area contributed by atoms with E-state index in [1.54, 1.807) is 39.7 Å².